The molecule has 0 saturated carbocycles. The molecular formula is C27H35B68N2O2. The van der Waals surface area contributed by atoms with E-state index >= 15 is 0 Å². The fraction of sp³-hybridized carbons (Fsp3) is 0.444. The van der Waals surface area contributed by atoms with Gasteiger partial charge in [0.15, 0.2) is 0 Å². The molecule has 1 aromatic heterocycles. The van der Waals surface area contributed by atoms with Crippen molar-refractivity contribution in [2.75, 3.05) is 0 Å². The van der Waals surface area contributed by atoms with Crippen molar-refractivity contribution >= 4 is 487 Å². The largest absolute Gasteiger partial charge is 0.494 e. The molecule has 2 heterocycles. The summed E-state index contributed by atoms with van der Waals surface area (Å²) in [4.78, 5) is 4.74. The van der Waals surface area contributed by atoms with Gasteiger partial charge in [-0.15, -0.1) is 0 Å². The number of benzene rings is 2. The van der Waals surface area contributed by atoms with Gasteiger partial charge in [-0.3, -0.25) is 4.57 Å². The first-order chi connectivity index (χ1) is 45.5. The van der Waals surface area contributed by atoms with Gasteiger partial charge in [-0.25, -0.2) is 4.98 Å². The normalized spacial score (nSPS) is 12.2. The van der Waals surface area contributed by atoms with Crippen LogP contribution in [0, 0.1) is 0 Å². The lowest BCUT2D eigenvalue weighted by Gasteiger charge is -2.60. The quantitative estimate of drug-likeness (QED) is 0.0540. The molecule has 4 nitrogen and oxygen atoms in total. The average Bonchev–Trinajstić information content (AvgIpc) is 1.67. The summed E-state index contributed by atoms with van der Waals surface area (Å²) in [5, 5.41) is 0. The van der Waals surface area contributed by atoms with Gasteiger partial charge in [0.2, 0.25) is 0 Å². The average molecular weight is 1150 g/mol. The van der Waals surface area contributed by atoms with E-state index in [9.17, 15) is 0 Å². The summed E-state index contributed by atoms with van der Waals surface area (Å²) in [6, 6.07) is 15.1. The molecule has 1 fully saturated rings. The molecule has 4 rings (SSSR count). The summed E-state index contributed by atoms with van der Waals surface area (Å²) in [5.41, 5.74) is 5.33. The van der Waals surface area contributed by atoms with E-state index in [-0.39, 0.29) is 18.3 Å². The minimum Gasteiger partial charge on any atom is -0.399 e. The van der Waals surface area contributed by atoms with E-state index in [0.29, 0.717) is 11.8 Å². The lowest BCUT2D eigenvalue weighted by molar-refractivity contribution is 0.00578. The van der Waals surface area contributed by atoms with Crippen LogP contribution in [-0.2, 0) is 9.31 Å². The number of imidazole rings is 1. The van der Waals surface area contributed by atoms with E-state index in [1.165, 1.54) is 16.8 Å². The number of nitrogens with zero attached hydrogens (tertiary/aromatic N) is 2. The molecule has 0 spiro atoms. The molecule has 99 heavy (non-hydrogen) atoms. The highest BCUT2D eigenvalue weighted by molar-refractivity contribution is 8.39. The zero-order chi connectivity index (χ0) is 76.4. The maximum absolute atomic E-state index is 7.06. The van der Waals surface area contributed by atoms with E-state index in [0.717, 1.165) is 23.9 Å². The van der Waals surface area contributed by atoms with Crippen LogP contribution in [0.25, 0.3) is 17.1 Å². The van der Waals surface area contributed by atoms with Crippen LogP contribution >= 0.6 is 0 Å². The predicted molar refractivity (Wildman–Crippen MR) is 518 cm³/mol. The third-order valence-corrected chi connectivity index (χ3v) is 20.9. The van der Waals surface area contributed by atoms with Gasteiger partial charge in [0.1, 0.15) is 5.82 Å². The van der Waals surface area contributed by atoms with Gasteiger partial charge in [-0.05, 0) is 56.1 Å². The van der Waals surface area contributed by atoms with Gasteiger partial charge >= 0.3 is 7.12 Å². The molecule has 0 aliphatic carbocycles. The van der Waals surface area contributed by atoms with Crippen molar-refractivity contribution in [3.63, 3.8) is 0 Å². The van der Waals surface area contributed by atoms with Crippen molar-refractivity contribution in [1.29, 1.82) is 0 Å². The molecule has 1 aliphatic rings. The summed E-state index contributed by atoms with van der Waals surface area (Å²) >= 11 is 0. The highest BCUT2D eigenvalue weighted by atomic mass is 16.7. The molecule has 0 amide bonds. The van der Waals surface area contributed by atoms with Crippen molar-refractivity contribution in [3.05, 3.63) is 66.0 Å². The Morgan fingerprint density at radius 3 is 0.818 bits per heavy atom. The predicted octanol–water partition coefficient (Wildman–Crippen LogP) is -19.4. The molecule has 0 bridgehead atoms. The smallest absolute Gasteiger partial charge is 0.399 e. The van der Waals surface area contributed by atoms with E-state index in [1.54, 1.807) is 0 Å². The van der Waals surface area contributed by atoms with Crippen LogP contribution in [-0.4, -0.2) is 502 Å². The number of aromatic nitrogens is 2. The van der Waals surface area contributed by atoms with Gasteiger partial charge in [0.25, 0.3) is 0 Å². The van der Waals surface area contributed by atoms with Gasteiger partial charge < -0.3 is 9.31 Å². The van der Waals surface area contributed by atoms with Crippen molar-refractivity contribution in [2.45, 2.75) is 78.4 Å². The molecule has 3 aromatic rings. The van der Waals surface area contributed by atoms with E-state index in [1.807, 2.05) is 6.20 Å². The van der Waals surface area contributed by atoms with E-state index in [4.69, 9.17) is 277 Å². The second-order valence-corrected chi connectivity index (χ2v) is 29.1. The molecule has 0 unspecified atom stereocenters. The molecule has 369 valence electrons. The second kappa shape index (κ2) is 41.9. The fourth-order valence-electron chi connectivity index (χ4n) is 15.9. The Bertz CT molecular complexity index is 2590. The van der Waals surface area contributed by atoms with Gasteiger partial charge in [0.05, 0.1) is 16.9 Å². The molecule has 0 atom stereocenters. The SMILES string of the molecule is CC(C)c1cccc(C(C)C)c1-n1ccnc1-c1ccc(B2OC(C)(C)C(C)(C)O2)cc1.[B][B]B([B])B(B(B([B])[B])B([B])[B])B(B(B([B])[B])B([B])[B])B(B(B(B([B])[B])B([B])[B])B(B([B])[B])B([B])[B])B(B(B(B([B])[B])B([B])[B])B(B([B])[B])B([B])[B])B(B(B([B])[B])B([B])[B])B(B([B])[B])B([B])[B]. The maximum atomic E-state index is 7.06. The Balaban J connectivity index is 0.000000653. The molecule has 0 N–H and O–H groups in total. The topological polar surface area (TPSA) is 36.3 Å². The first kappa shape index (κ1) is 95.2. The van der Waals surface area contributed by atoms with E-state index < -0.39 is 204 Å². The van der Waals surface area contributed by atoms with Crippen LogP contribution in [0.1, 0.15) is 78.4 Å². The molecule has 69 radical (unpaired) electrons. The van der Waals surface area contributed by atoms with Crippen LogP contribution in [0.2, 0.25) is 0 Å². The van der Waals surface area contributed by atoms with Crippen LogP contribution in [0.4, 0.5) is 0 Å². The first-order valence-corrected chi connectivity index (χ1v) is 33.6. The van der Waals surface area contributed by atoms with Crippen molar-refractivity contribution in [3.8, 4) is 17.1 Å². The summed E-state index contributed by atoms with van der Waals surface area (Å²) in [6.07, 6.45) is -44.0. The zero-order valence-electron chi connectivity index (χ0n) is 59.3. The van der Waals surface area contributed by atoms with Gasteiger partial charge in [0, 0.05) is 492 Å². The first-order valence-electron chi connectivity index (χ1n) is 33.6. The van der Waals surface area contributed by atoms with Crippen LogP contribution in [0.3, 0.4) is 0 Å². The lowest BCUT2D eigenvalue weighted by Crippen LogP contribution is -2.98. The van der Waals surface area contributed by atoms with Crippen LogP contribution in [0.5, 0.6) is 0 Å². The fourth-order valence-corrected chi connectivity index (χ4v) is 15.9. The highest BCUT2D eigenvalue weighted by Gasteiger charge is 2.64. The monoisotopic (exact) mass is 1170 g/mol. The Hall–Kier alpha value is 1.99. The minimum atomic E-state index is -1.64. The summed E-state index contributed by atoms with van der Waals surface area (Å²) in [7, 11) is 228. The summed E-state index contributed by atoms with van der Waals surface area (Å²) < 4.78 is 14.7. The standard InChI is InChI=1S/C27H35BN2O2.B67/c1-18(2)22-10-9-11-23(19(3)4)24(22)30-17-16-29-25(30)20-12-14-21(15-13-20)28-31-26(5,6)27(7,8)32-28;1-35-52(34)61(53(36(2)3)37(4)5)65(60(50(30)31)51(32)33)67(64(58(46(22)23)47(24)25)59(48(26)27)49(28)29)66(62(54(38(6)7)39(8)9)55(40(10)11)41(12)13)63(56(42(14)15)43(16)17)57(44(18)19)45(20)21/h9-19H,1-8H3;. The highest BCUT2D eigenvalue weighted by Crippen LogP contribution is 2.38. The van der Waals surface area contributed by atoms with Crippen molar-refractivity contribution in [2.24, 2.45) is 0 Å². The molecule has 1 saturated heterocycles. The van der Waals surface area contributed by atoms with Gasteiger partial charge in [-0.2, -0.15) is 0 Å². The third-order valence-electron chi connectivity index (χ3n) is 20.9. The molecule has 2 aromatic carbocycles. The number of hydrogen-bond donors (Lipinski definition) is 0. The van der Waals surface area contributed by atoms with Crippen molar-refractivity contribution in [1.82, 2.24) is 9.55 Å². The maximum Gasteiger partial charge on any atom is 0.494 e. The Labute approximate surface area is 661 Å². The zero-order valence-corrected chi connectivity index (χ0v) is 59.3. The summed E-state index contributed by atoms with van der Waals surface area (Å²) in [6.45, 7) is 17.3. The summed E-state index contributed by atoms with van der Waals surface area (Å²) in [5.74, 6) is 1.79. The lowest BCUT2D eigenvalue weighted by atomic mass is 8.22. The Kier molecular flexibility index (Phi) is 40.2. The molecule has 1 aliphatic heterocycles. The number of para-hydroxylation sites is 1. The van der Waals surface area contributed by atoms with Crippen LogP contribution in [0.15, 0.2) is 54.9 Å². The number of rotatable bonds is 37. The molecular weight excluding hydrogens is 1120 g/mol. The Morgan fingerprint density at radius 2 is 0.586 bits per heavy atom. The second-order valence-electron chi connectivity index (χ2n) is 29.1. The third kappa shape index (κ3) is 23.8. The van der Waals surface area contributed by atoms with Crippen LogP contribution < -0.4 is 5.46 Å². The number of hydrogen-bond acceptors (Lipinski definition) is 3. The van der Waals surface area contributed by atoms with Gasteiger partial charge in [-0.1, -0.05) is 70.2 Å². The molecule has 72 heteroatoms. The Morgan fingerprint density at radius 1 is 0.354 bits per heavy atom. The van der Waals surface area contributed by atoms with E-state index in [2.05, 4.69) is 109 Å². The van der Waals surface area contributed by atoms with Crippen molar-refractivity contribution < 1.29 is 9.31 Å². The minimum absolute atomic E-state index is 0.347.